The van der Waals surface area contributed by atoms with Crippen LogP contribution in [0.5, 0.6) is 5.75 Å². The van der Waals surface area contributed by atoms with E-state index < -0.39 is 17.8 Å². The number of nitrogens with one attached hydrogen (secondary N) is 3. The van der Waals surface area contributed by atoms with Gasteiger partial charge in [-0.15, -0.1) is 0 Å². The molecule has 2 amide bonds. The van der Waals surface area contributed by atoms with Gasteiger partial charge in [0.15, 0.2) is 11.7 Å². The zero-order chi connectivity index (χ0) is 22.2. The first-order valence-electron chi connectivity index (χ1n) is 9.17. The molecule has 3 aromatic rings. The molecule has 0 unspecified atom stereocenters. The minimum absolute atomic E-state index is 0.119. The molecule has 0 fully saturated rings. The normalized spacial score (nSPS) is 10.1. The smallest absolute Gasteiger partial charge is 0.337 e. The summed E-state index contributed by atoms with van der Waals surface area (Å²) in [6.45, 7) is -0.251. The van der Waals surface area contributed by atoms with E-state index in [0.29, 0.717) is 5.75 Å². The fraction of sp³-hybridized carbons (Fsp3) is 0.0909. The van der Waals surface area contributed by atoms with E-state index in [1.807, 2.05) is 36.4 Å². The molecule has 0 radical (unpaired) electrons. The van der Waals surface area contributed by atoms with Crippen molar-refractivity contribution in [2.75, 3.05) is 13.7 Å². The molecule has 9 heteroatoms. The van der Waals surface area contributed by atoms with Gasteiger partial charge in [-0.2, -0.15) is 0 Å². The number of ether oxygens (including phenoxy) is 2. The molecular formula is C22H19N3O5S. The van der Waals surface area contributed by atoms with Crippen molar-refractivity contribution in [3.05, 3.63) is 77.9 Å². The molecule has 0 aliphatic carbocycles. The van der Waals surface area contributed by atoms with E-state index in [9.17, 15) is 14.4 Å². The average molecular weight is 437 g/mol. The Morgan fingerprint density at radius 3 is 2.42 bits per heavy atom. The SMILES string of the molecule is COC(=O)c1cccc(C(=O)NC(=S)NNC(=O)COc2cccc3ccccc23)c1. The van der Waals surface area contributed by atoms with E-state index in [2.05, 4.69) is 20.9 Å². The van der Waals surface area contributed by atoms with E-state index in [0.717, 1.165) is 10.8 Å². The Hall–Kier alpha value is -3.98. The molecule has 158 valence electrons. The minimum atomic E-state index is -0.561. The van der Waals surface area contributed by atoms with Crippen LogP contribution in [0.3, 0.4) is 0 Å². The first kappa shape index (κ1) is 21.7. The van der Waals surface area contributed by atoms with E-state index in [1.54, 1.807) is 12.1 Å². The number of carbonyl (C=O) groups is 3. The van der Waals surface area contributed by atoms with Crippen molar-refractivity contribution in [3.63, 3.8) is 0 Å². The van der Waals surface area contributed by atoms with Crippen molar-refractivity contribution < 1.29 is 23.9 Å². The summed E-state index contributed by atoms with van der Waals surface area (Å²) >= 11 is 5.01. The van der Waals surface area contributed by atoms with Crippen LogP contribution >= 0.6 is 12.2 Å². The van der Waals surface area contributed by atoms with Gasteiger partial charge in [0.05, 0.1) is 12.7 Å². The van der Waals surface area contributed by atoms with Crippen LogP contribution < -0.4 is 20.9 Å². The number of hydrogen-bond donors (Lipinski definition) is 3. The molecule has 8 nitrogen and oxygen atoms in total. The molecule has 0 saturated heterocycles. The van der Waals surface area contributed by atoms with Gasteiger partial charge < -0.3 is 9.47 Å². The van der Waals surface area contributed by atoms with Crippen LogP contribution in [-0.2, 0) is 9.53 Å². The van der Waals surface area contributed by atoms with Gasteiger partial charge >= 0.3 is 5.97 Å². The maximum absolute atomic E-state index is 12.3. The van der Waals surface area contributed by atoms with Crippen LogP contribution in [0, 0.1) is 0 Å². The quantitative estimate of drug-likeness (QED) is 0.320. The zero-order valence-electron chi connectivity index (χ0n) is 16.5. The van der Waals surface area contributed by atoms with Crippen molar-refractivity contribution in [3.8, 4) is 5.75 Å². The molecule has 0 spiro atoms. The zero-order valence-corrected chi connectivity index (χ0v) is 17.3. The molecule has 0 saturated carbocycles. The van der Waals surface area contributed by atoms with E-state index in [4.69, 9.17) is 17.0 Å². The number of carbonyl (C=O) groups excluding carboxylic acids is 3. The van der Waals surface area contributed by atoms with Gasteiger partial charge in [-0.1, -0.05) is 42.5 Å². The summed E-state index contributed by atoms with van der Waals surface area (Å²) in [6, 6.07) is 19.2. The van der Waals surface area contributed by atoms with E-state index >= 15 is 0 Å². The number of hydrazine groups is 1. The predicted octanol–water partition coefficient (Wildman–Crippen LogP) is 2.34. The molecule has 0 heterocycles. The molecule has 0 aliphatic rings. The largest absolute Gasteiger partial charge is 0.483 e. The fourth-order valence-electron chi connectivity index (χ4n) is 2.74. The number of rotatable bonds is 5. The lowest BCUT2D eigenvalue weighted by Crippen LogP contribution is -2.49. The monoisotopic (exact) mass is 437 g/mol. The summed E-state index contributed by atoms with van der Waals surface area (Å²) in [5.41, 5.74) is 5.22. The number of amides is 2. The first-order chi connectivity index (χ1) is 15.0. The summed E-state index contributed by atoms with van der Waals surface area (Å²) in [7, 11) is 1.25. The van der Waals surface area contributed by atoms with Gasteiger partial charge in [0.25, 0.3) is 11.8 Å². The average Bonchev–Trinajstić information content (AvgIpc) is 2.80. The number of esters is 1. The molecule has 3 N–H and O–H groups in total. The molecule has 0 aliphatic heterocycles. The second-order valence-electron chi connectivity index (χ2n) is 6.29. The number of methoxy groups -OCH3 is 1. The summed E-state index contributed by atoms with van der Waals surface area (Å²) in [5, 5.41) is 4.18. The Morgan fingerprint density at radius 2 is 1.61 bits per heavy atom. The van der Waals surface area contributed by atoms with Crippen molar-refractivity contribution in [2.24, 2.45) is 0 Å². The number of thiocarbonyl (C=S) groups is 1. The lowest BCUT2D eigenvalue weighted by molar-refractivity contribution is -0.123. The Morgan fingerprint density at radius 1 is 0.903 bits per heavy atom. The summed E-state index contributed by atoms with van der Waals surface area (Å²) in [5.74, 6) is -1.02. The van der Waals surface area contributed by atoms with Gasteiger partial charge in [-0.3, -0.25) is 25.8 Å². The number of benzene rings is 3. The fourth-order valence-corrected chi connectivity index (χ4v) is 2.88. The molecule has 0 bridgehead atoms. The molecule has 0 aromatic heterocycles. The van der Waals surface area contributed by atoms with Gasteiger partial charge in [0, 0.05) is 10.9 Å². The number of fused-ring (bicyclic) bond motifs is 1. The Balaban J connectivity index is 1.48. The van der Waals surface area contributed by atoms with Gasteiger partial charge in [0.2, 0.25) is 0 Å². The third kappa shape index (κ3) is 5.77. The van der Waals surface area contributed by atoms with Crippen LogP contribution in [0.1, 0.15) is 20.7 Å². The summed E-state index contributed by atoms with van der Waals surface area (Å²) in [4.78, 5) is 35.9. The van der Waals surface area contributed by atoms with Gasteiger partial charge in [-0.25, -0.2) is 4.79 Å². The maximum Gasteiger partial charge on any atom is 0.337 e. The van der Waals surface area contributed by atoms with Crippen LogP contribution in [0.15, 0.2) is 66.7 Å². The lowest BCUT2D eigenvalue weighted by atomic mass is 10.1. The Bertz CT molecular complexity index is 1140. The van der Waals surface area contributed by atoms with Gasteiger partial charge in [0.1, 0.15) is 5.75 Å². The topological polar surface area (TPSA) is 106 Å². The first-order valence-corrected chi connectivity index (χ1v) is 9.58. The molecular weight excluding hydrogens is 418 g/mol. The Kier molecular flexibility index (Phi) is 7.13. The van der Waals surface area contributed by atoms with Crippen molar-refractivity contribution in [1.29, 1.82) is 0 Å². The van der Waals surface area contributed by atoms with E-state index in [-0.39, 0.29) is 22.8 Å². The van der Waals surface area contributed by atoms with E-state index in [1.165, 1.54) is 25.3 Å². The van der Waals surface area contributed by atoms with Gasteiger partial charge in [-0.05, 0) is 41.9 Å². The van der Waals surface area contributed by atoms with Crippen LogP contribution in [0.2, 0.25) is 0 Å². The van der Waals surface area contributed by atoms with Crippen molar-refractivity contribution in [2.45, 2.75) is 0 Å². The van der Waals surface area contributed by atoms with Crippen molar-refractivity contribution in [1.82, 2.24) is 16.2 Å². The van der Waals surface area contributed by atoms with Crippen LogP contribution in [0.4, 0.5) is 0 Å². The second-order valence-corrected chi connectivity index (χ2v) is 6.70. The highest BCUT2D eigenvalue weighted by Crippen LogP contribution is 2.24. The molecule has 3 aromatic carbocycles. The van der Waals surface area contributed by atoms with Crippen LogP contribution in [-0.4, -0.2) is 36.6 Å². The minimum Gasteiger partial charge on any atom is -0.483 e. The molecule has 0 atom stereocenters. The Labute approximate surface area is 183 Å². The summed E-state index contributed by atoms with van der Waals surface area (Å²) in [6.07, 6.45) is 0. The highest BCUT2D eigenvalue weighted by atomic mass is 32.1. The van der Waals surface area contributed by atoms with Crippen molar-refractivity contribution >= 4 is 45.9 Å². The third-order valence-electron chi connectivity index (χ3n) is 4.20. The highest BCUT2D eigenvalue weighted by Gasteiger charge is 2.12. The standard InChI is InChI=1S/C22H19N3O5S/c1-29-21(28)16-9-4-8-15(12-16)20(27)23-22(31)25-24-19(26)13-30-18-11-5-7-14-6-2-3-10-17(14)18/h2-12H,13H2,1H3,(H,24,26)(H2,23,25,27,31). The molecule has 31 heavy (non-hydrogen) atoms. The second kappa shape index (κ2) is 10.2. The lowest BCUT2D eigenvalue weighted by Gasteiger charge is -2.12. The maximum atomic E-state index is 12.3. The highest BCUT2D eigenvalue weighted by molar-refractivity contribution is 7.80. The predicted molar refractivity (Wildman–Crippen MR) is 119 cm³/mol. The number of hydrogen-bond acceptors (Lipinski definition) is 6. The summed E-state index contributed by atoms with van der Waals surface area (Å²) < 4.78 is 10.2. The molecule has 3 rings (SSSR count). The third-order valence-corrected chi connectivity index (χ3v) is 4.40. The van der Waals surface area contributed by atoms with Crippen LogP contribution in [0.25, 0.3) is 10.8 Å².